The van der Waals surface area contributed by atoms with Crippen molar-refractivity contribution in [1.82, 2.24) is 0 Å². The van der Waals surface area contributed by atoms with E-state index in [1.807, 2.05) is 0 Å². The minimum atomic E-state index is -1.45. The first-order valence-corrected chi connectivity index (χ1v) is 11.4. The molecule has 1 fully saturated rings. The van der Waals surface area contributed by atoms with E-state index in [4.69, 9.17) is 9.47 Å². The molecule has 5 atom stereocenters. The van der Waals surface area contributed by atoms with Crippen LogP contribution in [0.15, 0.2) is 0 Å². The molecule has 1 heterocycles. The quantitative estimate of drug-likeness (QED) is 0.284. The van der Waals surface area contributed by atoms with E-state index in [9.17, 15) is 20.1 Å². The first-order chi connectivity index (χ1) is 13.5. The molecule has 3 N–H and O–H groups in total. The van der Waals surface area contributed by atoms with Crippen LogP contribution in [0.4, 0.5) is 0 Å². The zero-order valence-electron chi connectivity index (χ0n) is 17.9. The van der Waals surface area contributed by atoms with Gasteiger partial charge in [-0.2, -0.15) is 0 Å². The molecule has 0 aromatic carbocycles. The molecular formula is C22H42O6. The molecule has 166 valence electrons. The number of hydrogen-bond acceptors (Lipinski definition) is 6. The van der Waals surface area contributed by atoms with Crippen molar-refractivity contribution in [3.05, 3.63) is 0 Å². The van der Waals surface area contributed by atoms with Crippen LogP contribution >= 0.6 is 0 Å². The van der Waals surface area contributed by atoms with Gasteiger partial charge >= 0.3 is 5.97 Å². The van der Waals surface area contributed by atoms with Crippen LogP contribution in [0.25, 0.3) is 0 Å². The number of esters is 1. The van der Waals surface area contributed by atoms with Gasteiger partial charge in [0.25, 0.3) is 0 Å². The van der Waals surface area contributed by atoms with E-state index in [2.05, 4.69) is 6.92 Å². The van der Waals surface area contributed by atoms with Gasteiger partial charge in [0.2, 0.25) is 0 Å². The van der Waals surface area contributed by atoms with E-state index >= 15 is 0 Å². The lowest BCUT2D eigenvalue weighted by molar-refractivity contribution is -0.281. The summed E-state index contributed by atoms with van der Waals surface area (Å²) in [4.78, 5) is 12.0. The molecule has 0 aromatic heterocycles. The van der Waals surface area contributed by atoms with Gasteiger partial charge in [0.05, 0.1) is 6.10 Å². The summed E-state index contributed by atoms with van der Waals surface area (Å²) in [6, 6.07) is 0. The number of rotatable bonds is 15. The average Bonchev–Trinajstić information content (AvgIpc) is 2.67. The third kappa shape index (κ3) is 10.2. The largest absolute Gasteiger partial charge is 0.456 e. The normalized spacial score (nSPS) is 27.7. The maximum absolute atomic E-state index is 12.0. The lowest BCUT2D eigenvalue weighted by Gasteiger charge is -2.38. The van der Waals surface area contributed by atoms with Gasteiger partial charge in [-0.15, -0.1) is 0 Å². The molecule has 0 bridgehead atoms. The second-order valence-corrected chi connectivity index (χ2v) is 8.16. The van der Waals surface area contributed by atoms with Crippen LogP contribution in [0.5, 0.6) is 0 Å². The molecule has 0 aliphatic carbocycles. The van der Waals surface area contributed by atoms with Crippen molar-refractivity contribution in [2.24, 2.45) is 0 Å². The van der Waals surface area contributed by atoms with E-state index in [1.165, 1.54) is 64.2 Å². The highest BCUT2D eigenvalue weighted by Gasteiger charge is 2.44. The SMILES string of the molecule is CCCCCCCCCCCCCCCC(=O)O[C@@H]1[C@H](O)[C@H](C)O[C@@H](O)[C@H]1O. The average molecular weight is 403 g/mol. The van der Waals surface area contributed by atoms with Crippen molar-refractivity contribution in [3.63, 3.8) is 0 Å². The van der Waals surface area contributed by atoms with Crippen LogP contribution in [0, 0.1) is 0 Å². The molecule has 0 unspecified atom stereocenters. The van der Waals surface area contributed by atoms with Crippen LogP contribution in [0.1, 0.15) is 104 Å². The summed E-state index contributed by atoms with van der Waals surface area (Å²) in [5.74, 6) is -0.451. The third-order valence-electron chi connectivity index (χ3n) is 5.55. The fourth-order valence-electron chi connectivity index (χ4n) is 3.65. The zero-order chi connectivity index (χ0) is 20.8. The van der Waals surface area contributed by atoms with E-state index < -0.39 is 36.7 Å². The maximum atomic E-state index is 12.0. The molecule has 0 spiro atoms. The number of unbranched alkanes of at least 4 members (excludes halogenated alkanes) is 12. The van der Waals surface area contributed by atoms with Crippen molar-refractivity contribution in [1.29, 1.82) is 0 Å². The third-order valence-corrected chi connectivity index (χ3v) is 5.55. The first kappa shape index (κ1) is 25.3. The Bertz CT molecular complexity index is 388. The lowest BCUT2D eigenvalue weighted by atomic mass is 9.99. The molecule has 0 radical (unpaired) electrons. The predicted molar refractivity (Wildman–Crippen MR) is 109 cm³/mol. The second kappa shape index (κ2) is 15.2. The Morgan fingerprint density at radius 2 is 1.25 bits per heavy atom. The summed E-state index contributed by atoms with van der Waals surface area (Å²) in [6.45, 7) is 3.81. The first-order valence-electron chi connectivity index (χ1n) is 11.4. The Kier molecular flexibility index (Phi) is 13.8. The standard InChI is InChI=1S/C22H42O6/c1-3-4-5-6-7-8-9-10-11-12-13-14-15-16-18(23)28-21-19(24)17(2)27-22(26)20(21)25/h17,19-22,24-26H,3-16H2,1-2H3/t17-,19+,20-,21+,22+/m0/s1. The molecule has 6 heteroatoms. The minimum Gasteiger partial charge on any atom is -0.456 e. The lowest BCUT2D eigenvalue weighted by Crippen LogP contribution is -2.58. The minimum absolute atomic E-state index is 0.263. The Morgan fingerprint density at radius 3 is 1.75 bits per heavy atom. The van der Waals surface area contributed by atoms with E-state index in [-0.39, 0.29) is 6.42 Å². The molecule has 0 aromatic rings. The second-order valence-electron chi connectivity index (χ2n) is 8.16. The Labute approximate surface area is 170 Å². The van der Waals surface area contributed by atoms with Crippen LogP contribution in [0.3, 0.4) is 0 Å². The van der Waals surface area contributed by atoms with Crippen LogP contribution in [-0.4, -0.2) is 52.0 Å². The summed E-state index contributed by atoms with van der Waals surface area (Å²) in [5.41, 5.74) is 0. The van der Waals surface area contributed by atoms with Crippen molar-refractivity contribution in [2.75, 3.05) is 0 Å². The summed E-state index contributed by atoms with van der Waals surface area (Å²) in [5, 5.41) is 29.4. The number of ether oxygens (including phenoxy) is 2. The van der Waals surface area contributed by atoms with Gasteiger partial charge in [-0.1, -0.05) is 84.0 Å². The smallest absolute Gasteiger partial charge is 0.306 e. The van der Waals surface area contributed by atoms with Gasteiger partial charge in [0.15, 0.2) is 12.4 Å². The number of hydrogen-bond donors (Lipinski definition) is 3. The topological polar surface area (TPSA) is 96.2 Å². The Balaban J connectivity index is 1.98. The number of aliphatic hydroxyl groups is 3. The molecule has 0 amide bonds. The van der Waals surface area contributed by atoms with E-state index in [1.54, 1.807) is 6.92 Å². The van der Waals surface area contributed by atoms with Gasteiger partial charge in [0.1, 0.15) is 12.2 Å². The highest BCUT2D eigenvalue weighted by Crippen LogP contribution is 2.23. The predicted octanol–water partition coefficient (Wildman–Crippen LogP) is 3.84. The Morgan fingerprint density at radius 1 is 0.786 bits per heavy atom. The maximum Gasteiger partial charge on any atom is 0.306 e. The van der Waals surface area contributed by atoms with Gasteiger partial charge in [-0.25, -0.2) is 0 Å². The van der Waals surface area contributed by atoms with Gasteiger partial charge < -0.3 is 24.8 Å². The van der Waals surface area contributed by atoms with Gasteiger partial charge in [-0.05, 0) is 13.3 Å². The number of aliphatic hydroxyl groups excluding tert-OH is 3. The zero-order valence-corrected chi connectivity index (χ0v) is 17.9. The fraction of sp³-hybridized carbons (Fsp3) is 0.955. The van der Waals surface area contributed by atoms with Crippen LogP contribution in [-0.2, 0) is 14.3 Å². The van der Waals surface area contributed by atoms with Crippen molar-refractivity contribution in [2.45, 2.75) is 134 Å². The molecule has 6 nitrogen and oxygen atoms in total. The summed E-state index contributed by atoms with van der Waals surface area (Å²) in [7, 11) is 0. The fourth-order valence-corrected chi connectivity index (χ4v) is 3.65. The van der Waals surface area contributed by atoms with Crippen molar-refractivity contribution < 1.29 is 29.6 Å². The summed E-state index contributed by atoms with van der Waals surface area (Å²) in [6.07, 6.45) is 10.5. The number of carbonyl (C=O) groups excluding carboxylic acids is 1. The Hall–Kier alpha value is -0.690. The molecule has 28 heavy (non-hydrogen) atoms. The molecular weight excluding hydrogens is 360 g/mol. The number of carbonyl (C=O) groups is 1. The summed E-state index contributed by atoms with van der Waals surface area (Å²) >= 11 is 0. The molecule has 1 aliphatic heterocycles. The summed E-state index contributed by atoms with van der Waals surface area (Å²) < 4.78 is 10.2. The van der Waals surface area contributed by atoms with Crippen LogP contribution < -0.4 is 0 Å². The van der Waals surface area contributed by atoms with E-state index in [0.29, 0.717) is 0 Å². The molecule has 1 rings (SSSR count). The molecule has 1 aliphatic rings. The molecule has 1 saturated heterocycles. The highest BCUT2D eigenvalue weighted by molar-refractivity contribution is 5.69. The molecule has 0 saturated carbocycles. The monoisotopic (exact) mass is 402 g/mol. The van der Waals surface area contributed by atoms with E-state index in [0.717, 1.165) is 19.3 Å². The van der Waals surface area contributed by atoms with Gasteiger partial charge in [-0.3, -0.25) is 4.79 Å². The highest BCUT2D eigenvalue weighted by atomic mass is 16.6. The van der Waals surface area contributed by atoms with Crippen molar-refractivity contribution >= 4 is 5.97 Å². The van der Waals surface area contributed by atoms with Gasteiger partial charge in [0, 0.05) is 6.42 Å². The van der Waals surface area contributed by atoms with Crippen LogP contribution in [0.2, 0.25) is 0 Å². The van der Waals surface area contributed by atoms with Crippen molar-refractivity contribution in [3.8, 4) is 0 Å².